The monoisotopic (exact) mass is 471 g/mol. The minimum Gasteiger partial charge on any atom is -0.400 e. The van der Waals surface area contributed by atoms with Crippen LogP contribution < -0.4 is 4.67 Å². The van der Waals surface area contributed by atoms with E-state index in [2.05, 4.69) is 21.9 Å². The lowest BCUT2D eigenvalue weighted by atomic mass is 10.1. The lowest BCUT2D eigenvalue weighted by Gasteiger charge is -2.28. The van der Waals surface area contributed by atoms with Gasteiger partial charge in [-0.15, -0.1) is 0 Å². The molecule has 10 heteroatoms. The van der Waals surface area contributed by atoms with E-state index in [0.29, 0.717) is 18.6 Å². The summed E-state index contributed by atoms with van der Waals surface area (Å²) >= 11 is 0. The van der Waals surface area contributed by atoms with Gasteiger partial charge in [0.05, 0.1) is 31.3 Å². The Labute approximate surface area is 193 Å². The van der Waals surface area contributed by atoms with E-state index in [1.807, 2.05) is 12.1 Å². The molecule has 170 valence electrons. The lowest BCUT2D eigenvalue weighted by molar-refractivity contribution is -0.143. The number of carbonyl (C=O) groups excluding carboxylic acids is 2. The van der Waals surface area contributed by atoms with Crippen LogP contribution in [0.2, 0.25) is 0 Å². The van der Waals surface area contributed by atoms with Crippen molar-refractivity contribution in [1.82, 2.24) is 4.90 Å². The molecule has 3 unspecified atom stereocenters. The van der Waals surface area contributed by atoms with Crippen LogP contribution in [0.1, 0.15) is 33.6 Å². The Kier molecular flexibility index (Phi) is 6.88. The highest BCUT2D eigenvalue weighted by Gasteiger charge is 2.47. The first-order valence-electron chi connectivity index (χ1n) is 11.0. The summed E-state index contributed by atoms with van der Waals surface area (Å²) in [5.74, 6) is -0.429. The summed E-state index contributed by atoms with van der Waals surface area (Å²) < 4.78 is 34.1. The van der Waals surface area contributed by atoms with Crippen molar-refractivity contribution in [1.29, 1.82) is 1.43 Å². The van der Waals surface area contributed by atoms with E-state index in [0.717, 1.165) is 12.1 Å². The number of ketones is 1. The first-order chi connectivity index (χ1) is 15.5. The number of benzene rings is 1. The number of hydrogen-bond acceptors (Lipinski definition) is 7. The molecular weight excluding hydrogens is 439 g/mol. The van der Waals surface area contributed by atoms with Crippen molar-refractivity contribution in [3.63, 3.8) is 0 Å². The molecule has 4 aliphatic heterocycles. The van der Waals surface area contributed by atoms with Crippen LogP contribution in [-0.2, 0) is 29.8 Å². The van der Waals surface area contributed by atoms with E-state index < -0.39 is 20.9 Å². The molecule has 4 aliphatic rings. The third-order valence-electron chi connectivity index (χ3n) is 5.68. The number of amides is 1. The Morgan fingerprint density at radius 1 is 1.39 bits per heavy atom. The maximum absolute atomic E-state index is 12.3. The maximum atomic E-state index is 12.3. The highest BCUT2D eigenvalue weighted by atomic mass is 32.1. The summed E-state index contributed by atoms with van der Waals surface area (Å²) in [6.07, 6.45) is 1.52. The van der Waals surface area contributed by atoms with Crippen LogP contribution in [0.4, 0.5) is 5.69 Å². The van der Waals surface area contributed by atoms with Crippen LogP contribution in [-0.4, -0.2) is 61.3 Å². The number of nitrogens with zero attached hydrogens (tertiary/aromatic N) is 2. The number of carbonyl (C=O) groups is 2. The zero-order valence-corrected chi connectivity index (χ0v) is 19.4. The van der Waals surface area contributed by atoms with Gasteiger partial charge in [-0.2, -0.15) is 13.5 Å². The third kappa shape index (κ3) is 4.53. The molecule has 2 saturated heterocycles. The molecule has 8 nitrogen and oxygen atoms in total. The van der Waals surface area contributed by atoms with E-state index >= 15 is 0 Å². The highest BCUT2D eigenvalue weighted by Crippen LogP contribution is 2.58. The van der Waals surface area contributed by atoms with Gasteiger partial charge in [0.25, 0.3) is 8.53 Å². The topological polar surface area (TPSA) is 88.5 Å². The zero-order chi connectivity index (χ0) is 22.8. The molecule has 0 bridgehead atoms. The number of anilines is 1. The Morgan fingerprint density at radius 3 is 2.94 bits per heavy atom. The second-order valence-electron chi connectivity index (χ2n) is 7.59. The number of para-hydroxylation sites is 1. The number of hydrogen-bond donors (Lipinski definition) is 1. The third-order valence-corrected chi connectivity index (χ3v) is 7.40. The smallest absolute Gasteiger partial charge is 0.290 e. The molecule has 4 heterocycles. The molecule has 1 aromatic rings. The minimum absolute atomic E-state index is 0. The normalized spacial score (nSPS) is 32.3. The number of fused-ring (bicyclic) bond motifs is 3. The fraction of sp³-hybridized carbons (Fsp3) is 0.524. The van der Waals surface area contributed by atoms with Crippen LogP contribution in [0.3, 0.4) is 0 Å². The second kappa shape index (κ2) is 9.98. The van der Waals surface area contributed by atoms with Gasteiger partial charge in [0.1, 0.15) is 6.23 Å². The molecule has 5 atom stereocenters. The van der Waals surface area contributed by atoms with Gasteiger partial charge in [0.2, 0.25) is 7.34 Å². The van der Waals surface area contributed by atoms with Gasteiger partial charge in [-0.05, 0) is 31.9 Å². The Bertz CT molecular complexity index is 909. The van der Waals surface area contributed by atoms with Crippen molar-refractivity contribution in [2.75, 3.05) is 18.4 Å². The van der Waals surface area contributed by atoms with Crippen molar-refractivity contribution in [3.8, 4) is 0 Å². The quantitative estimate of drug-likeness (QED) is 0.536. The summed E-state index contributed by atoms with van der Waals surface area (Å²) in [6.45, 7) is 2.36. The summed E-state index contributed by atoms with van der Waals surface area (Å²) in [5, 5.41) is 3.50. The number of rotatable bonds is 3. The average Bonchev–Trinajstić information content (AvgIpc) is 3.45. The fourth-order valence-corrected chi connectivity index (χ4v) is 5.98. The van der Waals surface area contributed by atoms with Gasteiger partial charge in [-0.25, -0.2) is 0 Å². The van der Waals surface area contributed by atoms with Gasteiger partial charge in [-0.1, -0.05) is 18.2 Å². The summed E-state index contributed by atoms with van der Waals surface area (Å²) in [7, 11) is 0.00965. The Balaban J connectivity index is 0.000000728. The maximum Gasteiger partial charge on any atom is 0.290 e. The van der Waals surface area contributed by atoms with Crippen molar-refractivity contribution >= 4 is 39.4 Å². The first-order valence-corrected chi connectivity index (χ1v) is 11.0. The molecule has 0 radical (unpaired) electrons. The SMILES string of the molecule is S.[2H]CC1OC(N2C=C(C)C(=O)CC2=O)CC1O[P@@]1OC[C@@H]2Cc3ccccc3N21.[3H]OC. The van der Waals surface area contributed by atoms with E-state index in [9.17, 15) is 9.59 Å². The highest BCUT2D eigenvalue weighted by molar-refractivity contribution is 7.59. The van der Waals surface area contributed by atoms with E-state index in [1.165, 1.54) is 17.6 Å². The summed E-state index contributed by atoms with van der Waals surface area (Å²) in [5.41, 5.74) is 3.00. The molecule has 1 amide bonds. The van der Waals surface area contributed by atoms with Gasteiger partial charge in [-0.3, -0.25) is 14.5 Å². The number of allylic oxidation sites excluding steroid dienone is 1. The largest absolute Gasteiger partial charge is 0.400 e. The minimum atomic E-state index is -1.28. The number of aliphatic hydroxyl groups is 1. The fourth-order valence-electron chi connectivity index (χ4n) is 4.15. The van der Waals surface area contributed by atoms with Crippen LogP contribution >= 0.6 is 22.0 Å². The van der Waals surface area contributed by atoms with Gasteiger partial charge >= 0.3 is 0 Å². The molecule has 5 rings (SSSR count). The molecule has 2 fully saturated rings. The second-order valence-corrected chi connectivity index (χ2v) is 8.96. The van der Waals surface area contributed by atoms with E-state index in [4.69, 9.17) is 16.6 Å². The number of ether oxygens (including phenoxy) is 1. The zero-order valence-electron chi connectivity index (χ0n) is 19.5. The Hall–Kier alpha value is -1.48. The summed E-state index contributed by atoms with van der Waals surface area (Å²) in [6, 6.07) is 8.58. The molecular formula is C21H29N2O6PS. The van der Waals surface area contributed by atoms with E-state index in [-0.39, 0.29) is 50.7 Å². The van der Waals surface area contributed by atoms with Crippen molar-refractivity contribution < 1.29 is 29.9 Å². The predicted octanol–water partition coefficient (Wildman–Crippen LogP) is 2.62. The summed E-state index contributed by atoms with van der Waals surface area (Å²) in [4.78, 5) is 25.6. The van der Waals surface area contributed by atoms with Crippen LogP contribution in [0, 0.1) is 0 Å². The molecule has 31 heavy (non-hydrogen) atoms. The number of Topliss-reactive ketones (excluding diaryl/α,β-unsaturated/α-hetero) is 1. The van der Waals surface area contributed by atoms with E-state index in [1.54, 1.807) is 13.1 Å². The predicted molar refractivity (Wildman–Crippen MR) is 122 cm³/mol. The number of aliphatic hydroxyl groups excluding tert-OH is 1. The average molecular weight is 472 g/mol. The molecule has 1 N–H and O–H groups in total. The van der Waals surface area contributed by atoms with Gasteiger partial charge < -0.3 is 23.6 Å². The Morgan fingerprint density at radius 2 is 2.16 bits per heavy atom. The molecule has 0 aromatic heterocycles. The van der Waals surface area contributed by atoms with Crippen molar-refractivity contribution in [2.24, 2.45) is 0 Å². The van der Waals surface area contributed by atoms with Crippen molar-refractivity contribution in [2.45, 2.75) is 57.6 Å². The molecule has 0 saturated carbocycles. The van der Waals surface area contributed by atoms with Crippen LogP contribution in [0.25, 0.3) is 0 Å². The molecule has 0 spiro atoms. The molecule has 1 aromatic carbocycles. The molecule has 0 aliphatic carbocycles. The van der Waals surface area contributed by atoms with Crippen LogP contribution in [0.15, 0.2) is 36.0 Å². The van der Waals surface area contributed by atoms with Crippen molar-refractivity contribution in [3.05, 3.63) is 41.6 Å². The van der Waals surface area contributed by atoms with Gasteiger partial charge in [0, 0.05) is 32.4 Å². The first kappa shape index (κ1) is 21.4. The van der Waals surface area contributed by atoms with Crippen LogP contribution in [0.5, 0.6) is 0 Å². The van der Waals surface area contributed by atoms with Gasteiger partial charge in [0.15, 0.2) is 5.78 Å². The lowest BCUT2D eigenvalue weighted by Crippen LogP contribution is -2.40. The standard InChI is InChI=1S/C20H23N2O5P.CH4O.H2S/c1-12-10-21(19(24)8-17(12)23)20-9-18(13(2)26-20)27-28-22-15(11-25-28)7-14-5-3-4-6-16(14)22;1-2;/h3-6,10,13,15,18,20H,7-9,11H2,1-2H3;2H,1H3;1H2/t13?,15-,18?,20?,28+;;/m0../s1/i2D;2T;.